The van der Waals surface area contributed by atoms with Gasteiger partial charge in [-0.05, 0) is 50.5 Å². The molecule has 3 N–H and O–H groups in total. The van der Waals surface area contributed by atoms with Gasteiger partial charge in [0.1, 0.15) is 11.6 Å². The molecule has 0 bridgehead atoms. The van der Waals surface area contributed by atoms with Crippen molar-refractivity contribution in [1.82, 2.24) is 15.3 Å². The maximum Gasteiger partial charge on any atom is 0.405 e. The van der Waals surface area contributed by atoms with Gasteiger partial charge >= 0.3 is 12.1 Å². The van der Waals surface area contributed by atoms with E-state index < -0.39 is 23.7 Å². The van der Waals surface area contributed by atoms with Crippen LogP contribution in [0.25, 0.3) is 22.5 Å². The van der Waals surface area contributed by atoms with Crippen molar-refractivity contribution in [3.8, 4) is 22.5 Å². The highest BCUT2D eigenvalue weighted by Gasteiger charge is 2.27. The summed E-state index contributed by atoms with van der Waals surface area (Å²) in [5, 5.41) is 14.9. The summed E-state index contributed by atoms with van der Waals surface area (Å²) in [6.07, 6.45) is 8.83. The molecule has 0 aliphatic carbocycles. The number of esters is 1. The lowest BCUT2D eigenvalue weighted by Crippen LogP contribution is -2.45. The second-order valence-electron chi connectivity index (χ2n) is 10.7. The minimum absolute atomic E-state index is 0.172. The molecule has 8 heteroatoms. The zero-order chi connectivity index (χ0) is 28.3. The fourth-order valence-electron chi connectivity index (χ4n) is 4.11. The average Bonchev–Trinajstić information content (AvgIpc) is 2.90. The molecule has 0 radical (unpaired) electrons. The molecule has 3 aromatic rings. The summed E-state index contributed by atoms with van der Waals surface area (Å²) in [6, 6.07) is 14.7. The normalized spacial score (nSPS) is 12.0. The smallest absolute Gasteiger partial charge is 0.405 e. The Kier molecular flexibility index (Phi) is 10.8. The van der Waals surface area contributed by atoms with Gasteiger partial charge in [-0.15, -0.1) is 0 Å². The first-order valence-corrected chi connectivity index (χ1v) is 13.6. The van der Waals surface area contributed by atoms with Crippen LogP contribution >= 0.6 is 0 Å². The SMILES string of the molecule is CCCCCCCNc1ccc(-c2cnc(-c3ccc(C[C@H](NC(=O)O)C(=O)OC(C)(C)C)cc3)nc2)cc1. The van der Waals surface area contributed by atoms with E-state index >= 15 is 0 Å². The first-order valence-electron chi connectivity index (χ1n) is 13.6. The van der Waals surface area contributed by atoms with E-state index in [-0.39, 0.29) is 6.42 Å². The molecule has 1 aromatic heterocycles. The second kappa shape index (κ2) is 14.3. The Balaban J connectivity index is 1.59. The number of hydrogen-bond acceptors (Lipinski definition) is 6. The van der Waals surface area contributed by atoms with E-state index in [0.717, 1.165) is 34.5 Å². The van der Waals surface area contributed by atoms with Crippen LogP contribution in [0.3, 0.4) is 0 Å². The maximum atomic E-state index is 12.5. The van der Waals surface area contributed by atoms with E-state index in [2.05, 4.69) is 51.8 Å². The van der Waals surface area contributed by atoms with Gasteiger partial charge in [0.15, 0.2) is 5.82 Å². The van der Waals surface area contributed by atoms with E-state index in [1.165, 1.54) is 32.1 Å². The molecular weight excluding hydrogens is 492 g/mol. The highest BCUT2D eigenvalue weighted by atomic mass is 16.6. The van der Waals surface area contributed by atoms with Gasteiger partial charge in [-0.2, -0.15) is 0 Å². The lowest BCUT2D eigenvalue weighted by atomic mass is 10.0. The molecule has 39 heavy (non-hydrogen) atoms. The summed E-state index contributed by atoms with van der Waals surface area (Å²) in [4.78, 5) is 32.8. The lowest BCUT2D eigenvalue weighted by molar-refractivity contribution is -0.157. The van der Waals surface area contributed by atoms with Crippen LogP contribution in [0.4, 0.5) is 10.5 Å². The Morgan fingerprint density at radius 2 is 1.49 bits per heavy atom. The molecule has 0 saturated carbocycles. The Bertz CT molecular complexity index is 1190. The topological polar surface area (TPSA) is 113 Å². The zero-order valence-electron chi connectivity index (χ0n) is 23.4. The monoisotopic (exact) mass is 532 g/mol. The van der Waals surface area contributed by atoms with Crippen molar-refractivity contribution < 1.29 is 19.4 Å². The van der Waals surface area contributed by atoms with E-state index in [9.17, 15) is 9.59 Å². The van der Waals surface area contributed by atoms with Gasteiger partial charge in [-0.3, -0.25) is 0 Å². The van der Waals surface area contributed by atoms with Gasteiger partial charge in [0.2, 0.25) is 0 Å². The standard InChI is InChI=1S/C31H40N4O4/c1-5-6-7-8-9-18-32-26-16-14-23(15-17-26)25-20-33-28(34-21-25)24-12-10-22(11-13-24)19-27(35-30(37)38)29(36)39-31(2,3)4/h10-17,20-21,27,32,35H,5-9,18-19H2,1-4H3,(H,37,38)/t27-/m0/s1. The number of nitrogens with zero attached hydrogens (tertiary/aromatic N) is 2. The van der Waals surface area contributed by atoms with Crippen LogP contribution in [0.15, 0.2) is 60.9 Å². The van der Waals surface area contributed by atoms with Crippen LogP contribution in [0, 0.1) is 0 Å². The molecule has 0 aliphatic rings. The van der Waals surface area contributed by atoms with Gasteiger partial charge in [-0.1, -0.05) is 69.0 Å². The summed E-state index contributed by atoms with van der Waals surface area (Å²) in [6.45, 7) is 8.44. The second-order valence-corrected chi connectivity index (χ2v) is 10.7. The van der Waals surface area contributed by atoms with Crippen LogP contribution in [-0.2, 0) is 16.0 Å². The highest BCUT2D eigenvalue weighted by Crippen LogP contribution is 2.23. The minimum atomic E-state index is -1.28. The average molecular weight is 533 g/mol. The van der Waals surface area contributed by atoms with Gasteiger partial charge in [0, 0.05) is 42.2 Å². The van der Waals surface area contributed by atoms with Crippen LogP contribution in [0.2, 0.25) is 0 Å². The van der Waals surface area contributed by atoms with Gasteiger partial charge in [0.25, 0.3) is 0 Å². The summed E-state index contributed by atoms with van der Waals surface area (Å²) >= 11 is 0. The van der Waals surface area contributed by atoms with Crippen molar-refractivity contribution in [2.24, 2.45) is 0 Å². The molecule has 0 saturated heterocycles. The molecule has 2 aromatic carbocycles. The molecular formula is C31H40N4O4. The number of benzene rings is 2. The fraction of sp³-hybridized carbons (Fsp3) is 0.419. The molecule has 208 valence electrons. The maximum absolute atomic E-state index is 12.5. The molecule has 0 fully saturated rings. The van der Waals surface area contributed by atoms with Crippen molar-refractivity contribution >= 4 is 17.7 Å². The van der Waals surface area contributed by atoms with Crippen LogP contribution in [0.1, 0.15) is 65.4 Å². The Labute approximate surface area is 231 Å². The van der Waals surface area contributed by atoms with E-state index in [1.54, 1.807) is 20.8 Å². The first-order chi connectivity index (χ1) is 18.6. The third kappa shape index (κ3) is 10.0. The number of aromatic nitrogens is 2. The van der Waals surface area contributed by atoms with Crippen molar-refractivity contribution in [2.45, 2.75) is 77.9 Å². The molecule has 0 spiro atoms. The number of rotatable bonds is 13. The molecule has 8 nitrogen and oxygen atoms in total. The molecule has 1 atom stereocenters. The third-order valence-electron chi connectivity index (χ3n) is 6.12. The molecule has 0 unspecified atom stereocenters. The number of unbranched alkanes of at least 4 members (excludes halogenated alkanes) is 4. The van der Waals surface area contributed by atoms with E-state index in [1.807, 2.05) is 36.7 Å². The fourth-order valence-corrected chi connectivity index (χ4v) is 4.11. The number of ether oxygens (including phenoxy) is 1. The molecule has 0 aliphatic heterocycles. The van der Waals surface area contributed by atoms with Gasteiger partial charge in [0.05, 0.1) is 0 Å². The van der Waals surface area contributed by atoms with E-state index in [0.29, 0.717) is 5.82 Å². The number of hydrogen-bond donors (Lipinski definition) is 3. The summed E-state index contributed by atoms with van der Waals surface area (Å²) < 4.78 is 5.37. The number of carbonyl (C=O) groups is 2. The van der Waals surface area contributed by atoms with Gasteiger partial charge < -0.3 is 20.5 Å². The largest absolute Gasteiger partial charge is 0.465 e. The Hall–Kier alpha value is -3.94. The van der Waals surface area contributed by atoms with Crippen molar-refractivity contribution in [1.29, 1.82) is 0 Å². The number of carboxylic acid groups (broad SMARTS) is 1. The van der Waals surface area contributed by atoms with Crippen molar-refractivity contribution in [2.75, 3.05) is 11.9 Å². The van der Waals surface area contributed by atoms with Crippen molar-refractivity contribution in [3.63, 3.8) is 0 Å². The van der Waals surface area contributed by atoms with Crippen LogP contribution < -0.4 is 10.6 Å². The predicted molar refractivity (Wildman–Crippen MR) is 155 cm³/mol. The first kappa shape index (κ1) is 29.6. The van der Waals surface area contributed by atoms with Crippen LogP contribution in [-0.4, -0.2) is 45.3 Å². The number of amides is 1. The number of nitrogens with one attached hydrogen (secondary N) is 2. The highest BCUT2D eigenvalue weighted by molar-refractivity contribution is 5.81. The predicted octanol–water partition coefficient (Wildman–Crippen LogP) is 6.71. The Morgan fingerprint density at radius 3 is 2.08 bits per heavy atom. The number of anilines is 1. The van der Waals surface area contributed by atoms with E-state index in [4.69, 9.17) is 9.84 Å². The lowest BCUT2D eigenvalue weighted by Gasteiger charge is -2.24. The Morgan fingerprint density at radius 1 is 0.872 bits per heavy atom. The van der Waals surface area contributed by atoms with Crippen molar-refractivity contribution in [3.05, 3.63) is 66.5 Å². The molecule has 3 rings (SSSR count). The van der Waals surface area contributed by atoms with Crippen LogP contribution in [0.5, 0.6) is 0 Å². The zero-order valence-corrected chi connectivity index (χ0v) is 23.4. The number of carbonyl (C=O) groups excluding carboxylic acids is 1. The van der Waals surface area contributed by atoms with Gasteiger partial charge in [-0.25, -0.2) is 19.6 Å². The molecule has 1 heterocycles. The summed E-state index contributed by atoms with van der Waals surface area (Å²) in [7, 11) is 0. The molecule has 1 amide bonds. The third-order valence-corrected chi connectivity index (χ3v) is 6.12. The quantitative estimate of drug-likeness (QED) is 0.165. The summed E-state index contributed by atoms with van der Waals surface area (Å²) in [5.41, 5.74) is 3.98. The minimum Gasteiger partial charge on any atom is -0.465 e. The summed E-state index contributed by atoms with van der Waals surface area (Å²) in [5.74, 6) is -0.0295.